The van der Waals surface area contributed by atoms with Gasteiger partial charge in [0.25, 0.3) is 0 Å². The number of H-pyrrole nitrogens is 1. The number of para-hydroxylation sites is 1. The second-order valence-corrected chi connectivity index (χ2v) is 19.8. The average molecular weight is 1040 g/mol. The summed E-state index contributed by atoms with van der Waals surface area (Å²) < 4.78 is 85.1. The van der Waals surface area contributed by atoms with E-state index in [4.69, 9.17) is 4.74 Å². The lowest BCUT2D eigenvalue weighted by Crippen LogP contribution is -2.52. The Balaban J connectivity index is 0.000000199. The van der Waals surface area contributed by atoms with Crippen LogP contribution < -0.4 is 4.74 Å². The highest BCUT2D eigenvalue weighted by molar-refractivity contribution is 5.92. The quantitative estimate of drug-likeness (QED) is 0.0596. The van der Waals surface area contributed by atoms with Crippen molar-refractivity contribution >= 4 is 46.8 Å². The molecule has 4 fully saturated rings. The van der Waals surface area contributed by atoms with Crippen molar-refractivity contribution in [2.24, 2.45) is 11.8 Å². The number of aromatic nitrogens is 1. The summed E-state index contributed by atoms with van der Waals surface area (Å²) >= 11 is 0. The van der Waals surface area contributed by atoms with Crippen LogP contribution in [0.25, 0.3) is 23.1 Å². The topological polar surface area (TPSA) is 147 Å². The largest absolute Gasteiger partial charge is 0.497 e. The van der Waals surface area contributed by atoms with Gasteiger partial charge in [0.15, 0.2) is 34.9 Å². The number of likely N-dealkylation sites (tertiary alicyclic amines) is 4. The zero-order valence-electron chi connectivity index (χ0n) is 41.6. The van der Waals surface area contributed by atoms with E-state index < -0.39 is 58.9 Å². The predicted molar refractivity (Wildman–Crippen MR) is 271 cm³/mol. The molecular formula is C57H61F6N5O7. The van der Waals surface area contributed by atoms with Gasteiger partial charge in [-0.2, -0.15) is 0 Å². The number of methoxy groups -OCH3 is 1. The van der Waals surface area contributed by atoms with Gasteiger partial charge in [-0.15, -0.1) is 0 Å². The second kappa shape index (κ2) is 24.6. The Morgan fingerprint density at radius 1 is 0.573 bits per heavy atom. The number of hydrogen-bond acceptors (Lipinski definition) is 7. The number of aromatic amines is 1. The number of nitrogens with zero attached hydrogens (tertiary/aromatic N) is 4. The van der Waals surface area contributed by atoms with Crippen molar-refractivity contribution in [2.75, 3.05) is 59.5 Å². The van der Waals surface area contributed by atoms with Gasteiger partial charge in [0.1, 0.15) is 17.8 Å². The molecule has 4 aliphatic heterocycles. The minimum atomic E-state index is -1.55. The first-order valence-electron chi connectivity index (χ1n) is 25.4. The molecule has 398 valence electrons. The molecule has 5 aromatic rings. The van der Waals surface area contributed by atoms with E-state index in [0.29, 0.717) is 89.9 Å². The number of carboxylic acid groups (broad SMARTS) is 2. The maximum atomic E-state index is 13.4. The summed E-state index contributed by atoms with van der Waals surface area (Å²) in [5.41, 5.74) is 3.73. The second-order valence-electron chi connectivity index (χ2n) is 19.8. The lowest BCUT2D eigenvalue weighted by molar-refractivity contribution is -0.148. The van der Waals surface area contributed by atoms with Gasteiger partial charge in [0.05, 0.1) is 7.11 Å². The van der Waals surface area contributed by atoms with Crippen LogP contribution in [-0.2, 0) is 19.2 Å². The van der Waals surface area contributed by atoms with Crippen LogP contribution in [0.3, 0.4) is 0 Å². The number of nitrogens with one attached hydrogen (secondary N) is 1. The Kier molecular flexibility index (Phi) is 17.8. The van der Waals surface area contributed by atoms with Gasteiger partial charge in [-0.3, -0.25) is 29.0 Å². The number of carbonyl (C=O) groups excluding carboxylic acids is 2. The fraction of sp³-hybridized carbons (Fsp3) is 0.404. The van der Waals surface area contributed by atoms with E-state index in [-0.39, 0.29) is 34.8 Å². The molecule has 0 bridgehead atoms. The predicted octanol–water partition coefficient (Wildman–Crippen LogP) is 9.87. The number of carbonyl (C=O) groups is 4. The number of halogens is 6. The number of benzene rings is 4. The monoisotopic (exact) mass is 1040 g/mol. The molecule has 0 aliphatic carbocycles. The Labute approximate surface area is 431 Å². The van der Waals surface area contributed by atoms with E-state index in [2.05, 4.69) is 45.2 Å². The van der Waals surface area contributed by atoms with Gasteiger partial charge in [0.2, 0.25) is 11.8 Å². The molecule has 2 unspecified atom stereocenters. The van der Waals surface area contributed by atoms with Crippen molar-refractivity contribution in [3.63, 3.8) is 0 Å². The Morgan fingerprint density at radius 2 is 0.987 bits per heavy atom. The molecule has 0 radical (unpaired) electrons. The van der Waals surface area contributed by atoms with Crippen LogP contribution in [0, 0.1) is 46.7 Å². The number of ether oxygens (including phenoxy) is 1. The van der Waals surface area contributed by atoms with Crippen LogP contribution in [0.2, 0.25) is 0 Å². The van der Waals surface area contributed by atoms with Gasteiger partial charge < -0.3 is 29.7 Å². The fourth-order valence-corrected chi connectivity index (χ4v) is 11.4. The highest BCUT2D eigenvalue weighted by atomic mass is 19.2. The summed E-state index contributed by atoms with van der Waals surface area (Å²) in [6, 6.07) is 18.3. The Morgan fingerprint density at radius 3 is 1.40 bits per heavy atom. The molecule has 2 atom stereocenters. The molecule has 3 N–H and O–H groups in total. The summed E-state index contributed by atoms with van der Waals surface area (Å²) in [6.45, 7) is 4.38. The minimum absolute atomic E-state index is 0.0450. The SMILES string of the molecule is COc1ccc(C2CCN(C(C(=O)O)C3CCN(C(=O)/C=C/c4cc(F)c(F)c(F)c4)CC3)CC2)cc1.O=C(O)C(C1CCN(C(=O)/C=C/c2cc(F)c(F)c(F)c2)CC1)N1CCC(c2c[nH]c3ccccc23)CC1. The molecule has 12 nitrogen and oxygen atoms in total. The van der Waals surface area contributed by atoms with Crippen molar-refractivity contribution in [3.05, 3.63) is 148 Å². The normalized spacial score (nSPS) is 18.8. The number of fused-ring (bicyclic) bond motifs is 1. The first kappa shape index (κ1) is 54.3. The van der Waals surface area contributed by atoms with Gasteiger partial charge in [0, 0.05) is 55.4 Å². The molecule has 18 heteroatoms. The first-order chi connectivity index (χ1) is 36.1. The smallest absolute Gasteiger partial charge is 0.321 e. The van der Waals surface area contributed by atoms with E-state index >= 15 is 0 Å². The zero-order chi connectivity index (χ0) is 53.3. The fourth-order valence-electron chi connectivity index (χ4n) is 11.4. The molecule has 1 aromatic heterocycles. The molecule has 2 amide bonds. The number of hydrogen-bond donors (Lipinski definition) is 3. The number of rotatable bonds is 13. The summed E-state index contributed by atoms with van der Waals surface area (Å²) in [5.74, 6) is -9.30. The number of piperidine rings is 4. The lowest BCUT2D eigenvalue weighted by atomic mass is 9.84. The van der Waals surface area contributed by atoms with Crippen molar-refractivity contribution in [1.82, 2.24) is 24.6 Å². The summed E-state index contributed by atoms with van der Waals surface area (Å²) in [7, 11) is 1.63. The minimum Gasteiger partial charge on any atom is -0.497 e. The third kappa shape index (κ3) is 13.1. The molecule has 9 rings (SSSR count). The number of amides is 2. The summed E-state index contributed by atoms with van der Waals surface area (Å²) in [6.07, 6.45) is 12.7. The van der Waals surface area contributed by atoms with Crippen LogP contribution >= 0.6 is 0 Å². The maximum Gasteiger partial charge on any atom is 0.321 e. The number of carboxylic acids is 2. The molecule has 4 aliphatic rings. The molecule has 0 spiro atoms. The lowest BCUT2D eigenvalue weighted by Gasteiger charge is -2.41. The Bertz CT molecular complexity index is 2840. The average Bonchev–Trinajstić information content (AvgIpc) is 3.86. The van der Waals surface area contributed by atoms with Crippen LogP contribution in [0.5, 0.6) is 5.75 Å². The van der Waals surface area contributed by atoms with Crippen LogP contribution in [-0.4, -0.2) is 130 Å². The van der Waals surface area contributed by atoms with Gasteiger partial charge >= 0.3 is 11.9 Å². The zero-order valence-corrected chi connectivity index (χ0v) is 41.6. The van der Waals surface area contributed by atoms with Crippen LogP contribution in [0.4, 0.5) is 26.3 Å². The highest BCUT2D eigenvalue weighted by Crippen LogP contribution is 2.37. The standard InChI is InChI=1S/C29H30F3N3O3.C28H31F3N2O4/c30-23-15-18(16-24(31)27(23)32)5-6-26(36)34-11-9-20(10-12-34)28(29(37)38)35-13-7-19(8-14-35)22-17-33-25-4-2-1-3-21(22)25;1-37-22-5-3-19(4-6-22)20-8-14-33(15-9-20)27(28(35)36)21-10-12-32(13-11-21)25(34)7-2-18-16-23(29)26(31)24(30)17-18/h1-6,15-17,19-20,28,33H,7-14H2,(H,37,38);2-7,16-17,20-21,27H,8-15H2,1H3,(H,35,36)/b6-5+;7-2+. The van der Waals surface area contributed by atoms with Crippen molar-refractivity contribution in [3.8, 4) is 5.75 Å². The Hall–Kier alpha value is -6.92. The summed E-state index contributed by atoms with van der Waals surface area (Å²) in [4.78, 5) is 60.4. The molecule has 4 saturated heterocycles. The van der Waals surface area contributed by atoms with Gasteiger partial charge in [-0.05, 0) is 178 Å². The van der Waals surface area contributed by atoms with E-state index in [0.717, 1.165) is 61.2 Å². The van der Waals surface area contributed by atoms with Crippen molar-refractivity contribution in [2.45, 2.75) is 75.3 Å². The van der Waals surface area contributed by atoms with Gasteiger partial charge in [-0.25, -0.2) is 26.3 Å². The van der Waals surface area contributed by atoms with Gasteiger partial charge in [-0.1, -0.05) is 30.3 Å². The van der Waals surface area contributed by atoms with Crippen molar-refractivity contribution < 1.29 is 60.5 Å². The van der Waals surface area contributed by atoms with Crippen molar-refractivity contribution in [1.29, 1.82) is 0 Å². The molecule has 5 heterocycles. The third-order valence-electron chi connectivity index (χ3n) is 15.4. The van der Waals surface area contributed by atoms with E-state index in [1.807, 2.05) is 24.3 Å². The first-order valence-corrected chi connectivity index (χ1v) is 25.4. The van der Waals surface area contributed by atoms with Crippen LogP contribution in [0.1, 0.15) is 85.5 Å². The van der Waals surface area contributed by atoms with E-state index in [9.17, 15) is 55.7 Å². The molecule has 75 heavy (non-hydrogen) atoms. The maximum absolute atomic E-state index is 13.4. The number of aliphatic carboxylic acids is 2. The van der Waals surface area contributed by atoms with E-state index in [1.165, 1.54) is 40.8 Å². The molecule has 0 saturated carbocycles. The van der Waals surface area contributed by atoms with E-state index in [1.54, 1.807) is 16.9 Å². The third-order valence-corrected chi connectivity index (χ3v) is 15.4. The summed E-state index contributed by atoms with van der Waals surface area (Å²) in [5, 5.41) is 21.3. The molecule has 4 aromatic carbocycles. The van der Waals surface area contributed by atoms with Crippen LogP contribution in [0.15, 0.2) is 91.1 Å². The highest BCUT2D eigenvalue weighted by Gasteiger charge is 2.40. The molecular weight excluding hydrogens is 981 g/mol.